The summed E-state index contributed by atoms with van der Waals surface area (Å²) >= 11 is 0. The highest BCUT2D eigenvalue weighted by Gasteiger charge is 2.24. The van der Waals surface area contributed by atoms with Crippen molar-refractivity contribution in [2.24, 2.45) is 0 Å². The van der Waals surface area contributed by atoms with Crippen molar-refractivity contribution < 1.29 is 9.59 Å². The Morgan fingerprint density at radius 2 is 1.89 bits per heavy atom. The van der Waals surface area contributed by atoms with E-state index in [4.69, 9.17) is 0 Å². The van der Waals surface area contributed by atoms with Crippen molar-refractivity contribution in [1.82, 2.24) is 25.1 Å². The summed E-state index contributed by atoms with van der Waals surface area (Å²) in [6.45, 7) is 9.25. The van der Waals surface area contributed by atoms with Crippen molar-refractivity contribution >= 4 is 23.0 Å². The molecule has 0 aliphatic carbocycles. The predicted octanol–water partition coefficient (Wildman–Crippen LogP) is 2.49. The maximum absolute atomic E-state index is 12.6. The molecular formula is C20H29N5O2. The second-order valence-electron chi connectivity index (χ2n) is 7.40. The van der Waals surface area contributed by atoms with E-state index in [1.165, 1.54) is 0 Å². The van der Waals surface area contributed by atoms with Gasteiger partial charge in [0.1, 0.15) is 5.82 Å². The summed E-state index contributed by atoms with van der Waals surface area (Å²) in [5.74, 6) is 1.41. The van der Waals surface area contributed by atoms with E-state index in [0.717, 1.165) is 28.8 Å². The van der Waals surface area contributed by atoms with E-state index in [0.29, 0.717) is 45.1 Å². The first-order chi connectivity index (χ1) is 13.0. The van der Waals surface area contributed by atoms with Crippen molar-refractivity contribution in [2.45, 2.75) is 39.5 Å². The van der Waals surface area contributed by atoms with Crippen LogP contribution in [0.25, 0.3) is 11.0 Å². The van der Waals surface area contributed by atoms with E-state index in [2.05, 4.69) is 29.1 Å². The van der Waals surface area contributed by atoms with Gasteiger partial charge in [0.05, 0.1) is 17.5 Å². The van der Waals surface area contributed by atoms with E-state index in [1.54, 1.807) is 4.90 Å². The summed E-state index contributed by atoms with van der Waals surface area (Å²) in [7, 11) is 0. The highest BCUT2D eigenvalue weighted by Crippen LogP contribution is 2.19. The fraction of sp³-hybridized carbons (Fsp3) is 0.550. The number of hydrogen-bond donors (Lipinski definition) is 2. The van der Waals surface area contributed by atoms with Gasteiger partial charge < -0.3 is 20.1 Å². The van der Waals surface area contributed by atoms with Crippen molar-refractivity contribution in [1.29, 1.82) is 0 Å². The number of benzene rings is 1. The molecule has 1 aliphatic heterocycles. The normalized spacial score (nSPS) is 14.8. The Balaban J connectivity index is 1.56. The van der Waals surface area contributed by atoms with Gasteiger partial charge in [0.25, 0.3) is 0 Å². The first-order valence-corrected chi connectivity index (χ1v) is 9.77. The van der Waals surface area contributed by atoms with Gasteiger partial charge >= 0.3 is 6.03 Å². The Morgan fingerprint density at radius 1 is 1.19 bits per heavy atom. The molecule has 0 radical (unpaired) electrons. The Kier molecular flexibility index (Phi) is 5.98. The lowest BCUT2D eigenvalue weighted by atomic mass is 10.1. The van der Waals surface area contributed by atoms with E-state index in [-0.39, 0.29) is 11.9 Å². The van der Waals surface area contributed by atoms with Crippen LogP contribution in [0.15, 0.2) is 18.2 Å². The molecule has 7 nitrogen and oxygen atoms in total. The van der Waals surface area contributed by atoms with Crippen LogP contribution in [0.2, 0.25) is 0 Å². The summed E-state index contributed by atoms with van der Waals surface area (Å²) in [6, 6.07) is 5.92. The van der Waals surface area contributed by atoms with Crippen molar-refractivity contribution in [3.05, 3.63) is 29.6 Å². The number of carbonyl (C=O) groups excluding carboxylic acids is 2. The fourth-order valence-corrected chi connectivity index (χ4v) is 3.25. The number of nitrogens with one attached hydrogen (secondary N) is 2. The largest absolute Gasteiger partial charge is 0.342 e. The number of H-pyrrole nitrogens is 1. The molecule has 0 atom stereocenters. The number of rotatable bonds is 5. The zero-order valence-corrected chi connectivity index (χ0v) is 16.4. The van der Waals surface area contributed by atoms with Gasteiger partial charge in [-0.3, -0.25) is 4.79 Å². The molecule has 0 bridgehead atoms. The lowest BCUT2D eigenvalue weighted by Crippen LogP contribution is -2.53. The lowest BCUT2D eigenvalue weighted by Gasteiger charge is -2.34. The first kappa shape index (κ1) is 19.2. The third-order valence-electron chi connectivity index (χ3n) is 4.91. The quantitative estimate of drug-likeness (QED) is 0.847. The summed E-state index contributed by atoms with van der Waals surface area (Å²) in [5, 5.41) is 2.89. The smallest absolute Gasteiger partial charge is 0.317 e. The Hall–Kier alpha value is -2.57. The number of nitrogens with zero attached hydrogens (tertiary/aromatic N) is 3. The van der Waals surface area contributed by atoms with E-state index >= 15 is 0 Å². The maximum Gasteiger partial charge on any atom is 0.317 e. The maximum atomic E-state index is 12.6. The Morgan fingerprint density at radius 3 is 2.56 bits per heavy atom. The van der Waals surface area contributed by atoms with Gasteiger partial charge in [0.15, 0.2) is 0 Å². The summed E-state index contributed by atoms with van der Waals surface area (Å²) in [6.07, 6.45) is 1.29. The molecule has 146 valence electrons. The molecule has 0 unspecified atom stereocenters. The monoisotopic (exact) mass is 371 g/mol. The second kappa shape index (κ2) is 8.41. The van der Waals surface area contributed by atoms with Crippen LogP contribution in [0.5, 0.6) is 0 Å². The highest BCUT2D eigenvalue weighted by atomic mass is 16.2. The number of aromatic nitrogens is 2. The minimum absolute atomic E-state index is 0.0328. The standard InChI is InChI=1S/C20H29N5O2/c1-4-7-21-20(27)25-10-8-24(9-11-25)18(26)13-15-5-6-16-17(12-15)23-19(22-16)14(2)3/h5-6,12,14H,4,7-11,13H2,1-3H3,(H,21,27)(H,22,23). The third-order valence-corrected chi connectivity index (χ3v) is 4.91. The molecule has 2 heterocycles. The van der Waals surface area contributed by atoms with Crippen molar-refractivity contribution in [3.8, 4) is 0 Å². The van der Waals surface area contributed by atoms with Crippen LogP contribution in [0.1, 0.15) is 44.5 Å². The summed E-state index contributed by atoms with van der Waals surface area (Å²) in [5.41, 5.74) is 2.89. The number of fused-ring (bicyclic) bond motifs is 1. The Bertz CT molecular complexity index is 806. The van der Waals surface area contributed by atoms with Crippen LogP contribution < -0.4 is 5.32 Å². The van der Waals surface area contributed by atoms with Gasteiger partial charge in [-0.15, -0.1) is 0 Å². The molecule has 3 amide bonds. The molecule has 7 heteroatoms. The Labute approximate surface area is 160 Å². The SMILES string of the molecule is CCCNC(=O)N1CCN(C(=O)Cc2ccc3nc(C(C)C)[nH]c3c2)CC1. The zero-order valence-electron chi connectivity index (χ0n) is 16.4. The molecule has 0 spiro atoms. The summed E-state index contributed by atoms with van der Waals surface area (Å²) in [4.78, 5) is 36.2. The van der Waals surface area contributed by atoms with Gasteiger partial charge in [0, 0.05) is 38.6 Å². The molecule has 2 aromatic rings. The topological polar surface area (TPSA) is 81.3 Å². The van der Waals surface area contributed by atoms with E-state index in [1.807, 2.05) is 30.0 Å². The van der Waals surface area contributed by atoms with Crippen LogP contribution in [0.3, 0.4) is 0 Å². The van der Waals surface area contributed by atoms with Gasteiger partial charge in [-0.2, -0.15) is 0 Å². The molecular weight excluding hydrogens is 342 g/mol. The predicted molar refractivity (Wildman–Crippen MR) is 106 cm³/mol. The third kappa shape index (κ3) is 4.59. The minimum Gasteiger partial charge on any atom is -0.342 e. The molecule has 0 saturated carbocycles. The van der Waals surface area contributed by atoms with Gasteiger partial charge in [-0.25, -0.2) is 9.78 Å². The number of aromatic amines is 1. The number of imidazole rings is 1. The van der Waals surface area contributed by atoms with Gasteiger partial charge in [-0.05, 0) is 24.1 Å². The minimum atomic E-state index is -0.0328. The van der Waals surface area contributed by atoms with Crippen molar-refractivity contribution in [3.63, 3.8) is 0 Å². The van der Waals surface area contributed by atoms with E-state index < -0.39 is 0 Å². The molecule has 1 saturated heterocycles. The van der Waals surface area contributed by atoms with Gasteiger partial charge in [0.2, 0.25) is 5.91 Å². The number of urea groups is 1. The first-order valence-electron chi connectivity index (χ1n) is 9.77. The van der Waals surface area contributed by atoms with Crippen LogP contribution >= 0.6 is 0 Å². The van der Waals surface area contributed by atoms with Crippen LogP contribution in [0.4, 0.5) is 4.79 Å². The number of hydrogen-bond acceptors (Lipinski definition) is 3. The molecule has 2 N–H and O–H groups in total. The molecule has 1 aromatic carbocycles. The second-order valence-corrected chi connectivity index (χ2v) is 7.40. The molecule has 3 rings (SSSR count). The van der Waals surface area contributed by atoms with Crippen molar-refractivity contribution in [2.75, 3.05) is 32.7 Å². The average Bonchev–Trinajstić information content (AvgIpc) is 3.10. The van der Waals surface area contributed by atoms with Crippen LogP contribution in [-0.4, -0.2) is 64.4 Å². The lowest BCUT2D eigenvalue weighted by molar-refractivity contribution is -0.131. The number of carbonyl (C=O) groups is 2. The average molecular weight is 371 g/mol. The molecule has 27 heavy (non-hydrogen) atoms. The zero-order chi connectivity index (χ0) is 19.4. The van der Waals surface area contributed by atoms with E-state index in [9.17, 15) is 9.59 Å². The molecule has 1 aromatic heterocycles. The summed E-state index contributed by atoms with van der Waals surface area (Å²) < 4.78 is 0. The fourth-order valence-electron chi connectivity index (χ4n) is 3.25. The number of amides is 3. The number of piperazine rings is 1. The van der Waals surface area contributed by atoms with Crippen LogP contribution in [-0.2, 0) is 11.2 Å². The highest BCUT2D eigenvalue weighted by molar-refractivity contribution is 5.82. The van der Waals surface area contributed by atoms with Gasteiger partial charge in [-0.1, -0.05) is 26.8 Å². The molecule has 1 aliphatic rings. The molecule has 1 fully saturated rings. The van der Waals surface area contributed by atoms with Crippen LogP contribution in [0, 0.1) is 0 Å².